The van der Waals surface area contributed by atoms with Crippen molar-refractivity contribution < 1.29 is 19.8 Å². The molecule has 11 nitrogen and oxygen atoms in total. The Morgan fingerprint density at radius 1 is 1.02 bits per heavy atom. The molecule has 0 aliphatic heterocycles. The zero-order valence-electron chi connectivity index (χ0n) is 29.0. The van der Waals surface area contributed by atoms with Gasteiger partial charge in [0.1, 0.15) is 12.1 Å². The molecular weight excluding hydrogens is 639 g/mol. The van der Waals surface area contributed by atoms with Crippen LogP contribution in [0.1, 0.15) is 89.1 Å². The van der Waals surface area contributed by atoms with E-state index in [2.05, 4.69) is 31.0 Å². The number of hydrogen-bond acceptors (Lipinski definition) is 7. The molecule has 0 radical (unpaired) electrons. The lowest BCUT2D eigenvalue weighted by Gasteiger charge is -2.41. The number of hydrogen-bond donors (Lipinski definition) is 6. The Morgan fingerprint density at radius 3 is 2.39 bits per heavy atom. The maximum atomic E-state index is 14.3. The van der Waals surface area contributed by atoms with E-state index in [1.807, 2.05) is 69.3 Å². The minimum Gasteiger partial charge on any atom is -0.480 e. The summed E-state index contributed by atoms with van der Waals surface area (Å²) in [6, 6.07) is 12.9. The summed E-state index contributed by atoms with van der Waals surface area (Å²) < 4.78 is 0. The molecule has 12 heteroatoms. The number of carbonyl (C=O) groups excluding carboxylic acids is 1. The van der Waals surface area contributed by atoms with Crippen molar-refractivity contribution in [2.45, 2.75) is 121 Å². The number of H-pyrrole nitrogens is 1. The largest absolute Gasteiger partial charge is 0.480 e. The van der Waals surface area contributed by atoms with Gasteiger partial charge >= 0.3 is 5.97 Å². The number of aliphatic hydroxyl groups is 1. The predicted molar refractivity (Wildman–Crippen MR) is 194 cm³/mol. The molecule has 1 aliphatic carbocycles. The molecule has 0 bridgehead atoms. The van der Waals surface area contributed by atoms with Crippen molar-refractivity contribution in [3.63, 3.8) is 0 Å². The van der Waals surface area contributed by atoms with Gasteiger partial charge in [0.15, 0.2) is 5.11 Å². The minimum atomic E-state index is -1.21. The molecule has 4 atom stereocenters. The summed E-state index contributed by atoms with van der Waals surface area (Å²) in [6.45, 7) is 5.96. The summed E-state index contributed by atoms with van der Waals surface area (Å²) in [5.41, 5.74) is 5.51. The van der Waals surface area contributed by atoms with E-state index in [0.717, 1.165) is 56.2 Å². The third kappa shape index (κ3) is 12.8. The van der Waals surface area contributed by atoms with Crippen LogP contribution in [0, 0.1) is 5.92 Å². The number of nitrogens with one attached hydrogen (secondary N) is 4. The Balaban J connectivity index is 1.65. The number of amides is 1. The number of aliphatic carboxylic acids is 1. The Hall–Kier alpha value is -3.87. The van der Waals surface area contributed by atoms with Crippen molar-refractivity contribution in [3.8, 4) is 0 Å². The van der Waals surface area contributed by atoms with Crippen LogP contribution in [0.4, 0.5) is 0 Å². The molecule has 3 aromatic rings. The third-order valence-corrected chi connectivity index (χ3v) is 9.21. The lowest BCUT2D eigenvalue weighted by atomic mass is 9.83. The Labute approximate surface area is 295 Å². The minimum absolute atomic E-state index is 0.0139. The number of rotatable bonds is 17. The molecule has 1 aromatic carbocycles. The number of thiocarbonyl (C=S) groups is 1. The summed E-state index contributed by atoms with van der Waals surface area (Å²) >= 11 is 6.01. The maximum absolute atomic E-state index is 14.3. The van der Waals surface area contributed by atoms with Crippen LogP contribution in [0.25, 0.3) is 0 Å². The third-order valence-electron chi connectivity index (χ3n) is 8.91. The monoisotopic (exact) mass is 691 g/mol. The van der Waals surface area contributed by atoms with E-state index in [4.69, 9.17) is 12.2 Å². The van der Waals surface area contributed by atoms with E-state index in [1.165, 1.54) is 12.7 Å². The number of hydrazine groups is 1. The standard InChI is InChI=1S/C37H53N7O4S/c1-37(2,3)42-36(49)44(43-30(21-26-13-6-4-7-14-26)33(45)19-12-18-28-17-10-11-20-39-28)32(22-27-15-8-5-9-16-27)34(46)41-31(35(47)48)23-29-24-38-25-40-29/h5,8-11,15-17,20,24-26,30-33,43,45H,4,6-7,12-14,18-19,21-23H2,1-3H3,(H,38,40)(H,41,46)(H,42,49)(H,47,48)/t30-,31-,32-,33-/m0/s1. The number of aromatic nitrogens is 3. The fourth-order valence-corrected chi connectivity index (χ4v) is 6.87. The lowest BCUT2D eigenvalue weighted by Crippen LogP contribution is -2.65. The lowest BCUT2D eigenvalue weighted by molar-refractivity contribution is -0.142. The molecule has 0 saturated heterocycles. The van der Waals surface area contributed by atoms with Crippen LogP contribution in [0.2, 0.25) is 0 Å². The number of aliphatic hydroxyl groups excluding tert-OH is 1. The van der Waals surface area contributed by atoms with Crippen LogP contribution in [0.5, 0.6) is 0 Å². The van der Waals surface area contributed by atoms with Gasteiger partial charge in [0.25, 0.3) is 0 Å². The van der Waals surface area contributed by atoms with Crippen molar-refractivity contribution in [2.24, 2.45) is 5.92 Å². The van der Waals surface area contributed by atoms with E-state index >= 15 is 0 Å². The van der Waals surface area contributed by atoms with Crippen LogP contribution in [0.15, 0.2) is 67.3 Å². The first kappa shape index (κ1) is 37.9. The summed E-state index contributed by atoms with van der Waals surface area (Å²) in [6.07, 6.45) is 12.9. The van der Waals surface area contributed by atoms with E-state index in [-0.39, 0.29) is 18.0 Å². The number of nitrogens with zero attached hydrogens (tertiary/aromatic N) is 3. The van der Waals surface area contributed by atoms with Crippen LogP contribution in [-0.2, 0) is 28.9 Å². The van der Waals surface area contributed by atoms with Gasteiger partial charge in [-0.2, -0.15) is 0 Å². The fourth-order valence-electron chi connectivity index (χ4n) is 6.39. The fraction of sp³-hybridized carbons (Fsp3) is 0.541. The Morgan fingerprint density at radius 2 is 1.76 bits per heavy atom. The van der Waals surface area contributed by atoms with Gasteiger partial charge in [0.05, 0.1) is 24.2 Å². The Bertz CT molecular complexity index is 1430. The molecule has 49 heavy (non-hydrogen) atoms. The summed E-state index contributed by atoms with van der Waals surface area (Å²) in [7, 11) is 0. The van der Waals surface area contributed by atoms with Crippen molar-refractivity contribution in [3.05, 3.63) is 84.2 Å². The van der Waals surface area contributed by atoms with E-state index in [9.17, 15) is 19.8 Å². The van der Waals surface area contributed by atoms with Gasteiger partial charge in [-0.1, -0.05) is 68.5 Å². The quantitative estimate of drug-likeness (QED) is 0.0865. The summed E-state index contributed by atoms with van der Waals surface area (Å²) in [4.78, 5) is 38.1. The zero-order valence-corrected chi connectivity index (χ0v) is 29.8. The SMILES string of the molecule is CC(C)(C)NC(=S)N(N[C@@H](CC1CCCCC1)[C@@H](O)CCCc1ccccn1)[C@@H](Cc1ccccc1)C(=O)N[C@@H](Cc1c[nH]cn1)C(=O)O. The van der Waals surface area contributed by atoms with Gasteiger partial charge < -0.3 is 25.8 Å². The molecule has 0 spiro atoms. The number of carboxylic acids is 1. The first-order valence-electron chi connectivity index (χ1n) is 17.5. The van der Waals surface area contributed by atoms with Gasteiger partial charge in [-0.15, -0.1) is 0 Å². The highest BCUT2D eigenvalue weighted by atomic mass is 32.1. The number of aromatic amines is 1. The maximum Gasteiger partial charge on any atom is 0.326 e. The second-order valence-corrected chi connectivity index (χ2v) is 14.6. The highest BCUT2D eigenvalue weighted by Crippen LogP contribution is 2.29. The number of carbonyl (C=O) groups is 2. The van der Waals surface area contributed by atoms with Crippen LogP contribution in [-0.4, -0.2) is 76.9 Å². The molecule has 1 aliphatic rings. The zero-order chi connectivity index (χ0) is 35.2. The summed E-state index contributed by atoms with van der Waals surface area (Å²) in [5, 5.41) is 30.0. The van der Waals surface area contributed by atoms with E-state index in [0.29, 0.717) is 18.0 Å². The number of pyridine rings is 1. The van der Waals surface area contributed by atoms with Gasteiger partial charge in [0.2, 0.25) is 5.91 Å². The molecule has 2 aromatic heterocycles. The number of carboxylic acid groups (broad SMARTS) is 1. The van der Waals surface area contributed by atoms with Crippen molar-refractivity contribution in [1.29, 1.82) is 0 Å². The van der Waals surface area contributed by atoms with Crippen molar-refractivity contribution in [2.75, 3.05) is 0 Å². The molecular formula is C37H53N7O4S. The predicted octanol–water partition coefficient (Wildman–Crippen LogP) is 4.73. The molecule has 1 fully saturated rings. The molecule has 2 heterocycles. The molecule has 1 saturated carbocycles. The highest BCUT2D eigenvalue weighted by molar-refractivity contribution is 7.80. The number of aryl methyl sites for hydroxylation is 1. The second-order valence-electron chi connectivity index (χ2n) is 14.2. The van der Waals surface area contributed by atoms with Crippen LogP contribution >= 0.6 is 12.2 Å². The molecule has 6 N–H and O–H groups in total. The highest BCUT2D eigenvalue weighted by Gasteiger charge is 2.36. The van der Waals surface area contributed by atoms with Gasteiger partial charge in [-0.25, -0.2) is 15.2 Å². The average Bonchev–Trinajstić information content (AvgIpc) is 3.59. The van der Waals surface area contributed by atoms with Gasteiger partial charge in [-0.05, 0) is 82.3 Å². The topological polar surface area (TPSA) is 156 Å². The molecule has 1 amide bonds. The molecule has 266 valence electrons. The van der Waals surface area contributed by atoms with Gasteiger partial charge in [-0.3, -0.25) is 14.8 Å². The van der Waals surface area contributed by atoms with Crippen LogP contribution < -0.4 is 16.1 Å². The normalized spacial score (nSPS) is 16.2. The number of benzene rings is 1. The Kier molecular flexibility index (Phi) is 14.5. The average molecular weight is 692 g/mol. The smallest absolute Gasteiger partial charge is 0.326 e. The number of imidazole rings is 1. The second kappa shape index (κ2) is 18.8. The van der Waals surface area contributed by atoms with Crippen molar-refractivity contribution >= 4 is 29.2 Å². The summed E-state index contributed by atoms with van der Waals surface area (Å²) in [5.74, 6) is -1.24. The van der Waals surface area contributed by atoms with E-state index < -0.39 is 41.6 Å². The van der Waals surface area contributed by atoms with Crippen LogP contribution in [0.3, 0.4) is 0 Å². The van der Waals surface area contributed by atoms with Crippen molar-refractivity contribution in [1.82, 2.24) is 36.0 Å². The first-order chi connectivity index (χ1) is 23.5. The molecule has 0 unspecified atom stereocenters. The van der Waals surface area contributed by atoms with Gasteiger partial charge in [0, 0.05) is 36.5 Å². The molecule has 4 rings (SSSR count). The first-order valence-corrected chi connectivity index (χ1v) is 17.9. The van der Waals surface area contributed by atoms with E-state index in [1.54, 1.807) is 17.4 Å².